The van der Waals surface area contributed by atoms with Crippen LogP contribution < -0.4 is 10.1 Å². The third kappa shape index (κ3) is 4.29. The lowest BCUT2D eigenvalue weighted by Crippen LogP contribution is -2.38. The fraction of sp³-hybridized carbons (Fsp3) is 0.400. The molecule has 1 fully saturated rings. The van der Waals surface area contributed by atoms with Crippen LogP contribution in [0.25, 0.3) is 0 Å². The average Bonchev–Trinajstić information content (AvgIpc) is 2.64. The molecule has 5 nitrogen and oxygen atoms in total. The summed E-state index contributed by atoms with van der Waals surface area (Å²) in [4.78, 5) is 18.9. The van der Waals surface area contributed by atoms with E-state index in [2.05, 4.69) is 17.2 Å². The molecule has 2 aromatic rings. The van der Waals surface area contributed by atoms with E-state index in [-0.39, 0.29) is 5.91 Å². The molecule has 0 atom stereocenters. The zero-order valence-corrected chi connectivity index (χ0v) is 14.9. The van der Waals surface area contributed by atoms with Crippen LogP contribution in [0.5, 0.6) is 5.75 Å². The van der Waals surface area contributed by atoms with Crippen molar-refractivity contribution in [3.63, 3.8) is 0 Å². The maximum Gasteiger partial charge on any atom is 0.272 e. The molecule has 0 unspecified atom stereocenters. The second-order valence-corrected chi connectivity index (χ2v) is 6.46. The van der Waals surface area contributed by atoms with Gasteiger partial charge in [-0.25, -0.2) is 0 Å². The van der Waals surface area contributed by atoms with Crippen molar-refractivity contribution in [2.45, 2.75) is 26.7 Å². The number of amides is 1. The number of hydrogen-bond donors (Lipinski definition) is 1. The van der Waals surface area contributed by atoms with Gasteiger partial charge in [-0.2, -0.15) is 0 Å². The maximum atomic E-state index is 12.7. The lowest BCUT2D eigenvalue weighted by molar-refractivity contribution is 0.0691. The number of aromatic nitrogens is 1. The quantitative estimate of drug-likeness (QED) is 0.891. The minimum atomic E-state index is 0.00800. The molecule has 3 rings (SSSR count). The van der Waals surface area contributed by atoms with E-state index in [1.54, 1.807) is 6.20 Å². The molecule has 0 spiro atoms. The van der Waals surface area contributed by atoms with Crippen molar-refractivity contribution in [3.05, 3.63) is 48.3 Å². The first kappa shape index (κ1) is 17.3. The van der Waals surface area contributed by atoms with E-state index < -0.39 is 0 Å². The van der Waals surface area contributed by atoms with Crippen LogP contribution in [-0.4, -0.2) is 35.5 Å². The first-order chi connectivity index (χ1) is 12.2. The van der Waals surface area contributed by atoms with Crippen molar-refractivity contribution in [2.75, 3.05) is 25.0 Å². The van der Waals surface area contributed by atoms with Gasteiger partial charge in [-0.05, 0) is 49.9 Å². The summed E-state index contributed by atoms with van der Waals surface area (Å²) in [6, 6.07) is 11.4. The molecular weight excluding hydrogens is 314 g/mol. The van der Waals surface area contributed by atoms with Gasteiger partial charge in [-0.15, -0.1) is 0 Å². The topological polar surface area (TPSA) is 54.5 Å². The molecule has 0 radical (unpaired) electrons. The number of carbonyl (C=O) groups is 1. The third-order valence-corrected chi connectivity index (χ3v) is 4.52. The Labute approximate surface area is 149 Å². The van der Waals surface area contributed by atoms with E-state index in [4.69, 9.17) is 4.74 Å². The predicted octanol–water partition coefficient (Wildman–Crippen LogP) is 4.10. The highest BCUT2D eigenvalue weighted by Crippen LogP contribution is 2.27. The summed E-state index contributed by atoms with van der Waals surface area (Å²) in [5.41, 5.74) is 2.19. The van der Waals surface area contributed by atoms with Crippen LogP contribution in [0, 0.1) is 5.92 Å². The number of pyridine rings is 1. The van der Waals surface area contributed by atoms with Crippen molar-refractivity contribution in [3.8, 4) is 5.75 Å². The van der Waals surface area contributed by atoms with Gasteiger partial charge >= 0.3 is 0 Å². The van der Waals surface area contributed by atoms with E-state index in [1.807, 2.05) is 48.2 Å². The molecule has 0 saturated carbocycles. The molecule has 0 bridgehead atoms. The standard InChI is InChI=1S/C20H25N3O2/c1-3-25-19-7-5-4-6-17(19)22-16-8-11-21-18(14-16)20(24)23-12-9-15(2)10-13-23/h4-8,11,14-15H,3,9-10,12-13H2,1-2H3,(H,21,22). The highest BCUT2D eigenvalue weighted by molar-refractivity contribution is 5.93. The Morgan fingerprint density at radius 1 is 1.28 bits per heavy atom. The minimum Gasteiger partial charge on any atom is -0.492 e. The number of benzene rings is 1. The number of ether oxygens (including phenoxy) is 1. The number of para-hydroxylation sites is 2. The summed E-state index contributed by atoms with van der Waals surface area (Å²) in [7, 11) is 0. The molecule has 1 saturated heterocycles. The number of rotatable bonds is 5. The van der Waals surface area contributed by atoms with Gasteiger partial charge in [0.25, 0.3) is 5.91 Å². The zero-order valence-electron chi connectivity index (χ0n) is 14.9. The summed E-state index contributed by atoms with van der Waals surface area (Å²) in [6.07, 6.45) is 3.79. The van der Waals surface area contributed by atoms with Crippen molar-refractivity contribution < 1.29 is 9.53 Å². The van der Waals surface area contributed by atoms with Crippen molar-refractivity contribution in [2.24, 2.45) is 5.92 Å². The monoisotopic (exact) mass is 339 g/mol. The van der Waals surface area contributed by atoms with Crippen molar-refractivity contribution in [1.82, 2.24) is 9.88 Å². The summed E-state index contributed by atoms with van der Waals surface area (Å²) in [5, 5.41) is 3.33. The fourth-order valence-electron chi connectivity index (χ4n) is 3.01. The van der Waals surface area contributed by atoms with Gasteiger partial charge in [0.15, 0.2) is 0 Å². The third-order valence-electron chi connectivity index (χ3n) is 4.52. The minimum absolute atomic E-state index is 0.00800. The van der Waals surface area contributed by atoms with Crippen LogP contribution >= 0.6 is 0 Å². The van der Waals surface area contributed by atoms with Crippen LogP contribution in [0.15, 0.2) is 42.6 Å². The average molecular weight is 339 g/mol. The van der Waals surface area contributed by atoms with E-state index in [9.17, 15) is 4.79 Å². The fourth-order valence-corrected chi connectivity index (χ4v) is 3.01. The lowest BCUT2D eigenvalue weighted by Gasteiger charge is -2.30. The Morgan fingerprint density at radius 3 is 2.80 bits per heavy atom. The van der Waals surface area contributed by atoms with Gasteiger partial charge in [0, 0.05) is 25.0 Å². The molecule has 1 N–H and O–H groups in total. The Morgan fingerprint density at radius 2 is 2.04 bits per heavy atom. The van der Waals surface area contributed by atoms with E-state index in [1.165, 1.54) is 0 Å². The molecule has 1 aromatic carbocycles. The van der Waals surface area contributed by atoms with Crippen LogP contribution in [-0.2, 0) is 0 Å². The summed E-state index contributed by atoms with van der Waals surface area (Å²) < 4.78 is 5.64. The number of nitrogens with zero attached hydrogens (tertiary/aromatic N) is 2. The van der Waals surface area contributed by atoms with Crippen LogP contribution in [0.3, 0.4) is 0 Å². The first-order valence-corrected chi connectivity index (χ1v) is 8.91. The van der Waals surface area contributed by atoms with E-state index in [0.29, 0.717) is 18.2 Å². The lowest BCUT2D eigenvalue weighted by atomic mass is 9.99. The smallest absolute Gasteiger partial charge is 0.272 e. The van der Waals surface area contributed by atoms with Crippen LogP contribution in [0.1, 0.15) is 37.2 Å². The van der Waals surface area contributed by atoms with Crippen molar-refractivity contribution >= 4 is 17.3 Å². The molecule has 25 heavy (non-hydrogen) atoms. The number of likely N-dealkylation sites (tertiary alicyclic amines) is 1. The molecule has 1 aliphatic rings. The number of anilines is 2. The molecule has 2 heterocycles. The summed E-state index contributed by atoms with van der Waals surface area (Å²) in [6.45, 7) is 6.42. The Hall–Kier alpha value is -2.56. The highest BCUT2D eigenvalue weighted by atomic mass is 16.5. The van der Waals surface area contributed by atoms with Gasteiger partial charge in [-0.3, -0.25) is 9.78 Å². The molecule has 1 aliphatic heterocycles. The number of piperidine rings is 1. The Kier molecular flexibility index (Phi) is 5.53. The largest absolute Gasteiger partial charge is 0.492 e. The highest BCUT2D eigenvalue weighted by Gasteiger charge is 2.22. The second-order valence-electron chi connectivity index (χ2n) is 6.46. The normalized spacial score (nSPS) is 15.0. The molecule has 1 amide bonds. The Balaban J connectivity index is 1.74. The molecule has 5 heteroatoms. The first-order valence-electron chi connectivity index (χ1n) is 8.91. The van der Waals surface area contributed by atoms with Crippen LogP contribution in [0.4, 0.5) is 11.4 Å². The molecule has 1 aromatic heterocycles. The SMILES string of the molecule is CCOc1ccccc1Nc1ccnc(C(=O)N2CCC(C)CC2)c1. The number of carbonyl (C=O) groups excluding carboxylic acids is 1. The Bertz CT molecular complexity index is 724. The summed E-state index contributed by atoms with van der Waals surface area (Å²) >= 11 is 0. The van der Waals surface area contributed by atoms with Gasteiger partial charge in [0.05, 0.1) is 12.3 Å². The molecule has 0 aliphatic carbocycles. The van der Waals surface area contributed by atoms with Crippen molar-refractivity contribution in [1.29, 1.82) is 0 Å². The predicted molar refractivity (Wildman–Crippen MR) is 99.4 cm³/mol. The summed E-state index contributed by atoms with van der Waals surface area (Å²) in [5.74, 6) is 1.49. The second kappa shape index (κ2) is 8.01. The molecule has 132 valence electrons. The van der Waals surface area contributed by atoms with Gasteiger partial charge in [0.1, 0.15) is 11.4 Å². The molecular formula is C20H25N3O2. The number of hydrogen-bond acceptors (Lipinski definition) is 4. The van der Waals surface area contributed by atoms with Gasteiger partial charge < -0.3 is 15.0 Å². The number of nitrogens with one attached hydrogen (secondary N) is 1. The maximum absolute atomic E-state index is 12.7. The van der Waals surface area contributed by atoms with Gasteiger partial charge in [-0.1, -0.05) is 19.1 Å². The van der Waals surface area contributed by atoms with Crippen LogP contribution in [0.2, 0.25) is 0 Å². The zero-order chi connectivity index (χ0) is 17.6. The van der Waals surface area contributed by atoms with Gasteiger partial charge in [0.2, 0.25) is 0 Å². The van der Waals surface area contributed by atoms with E-state index in [0.717, 1.165) is 43.1 Å². The van der Waals surface area contributed by atoms with E-state index >= 15 is 0 Å².